The number of imidazole rings is 1. The second kappa shape index (κ2) is 7.48. The first-order valence-corrected chi connectivity index (χ1v) is 11.4. The molecule has 0 aliphatic carbocycles. The highest BCUT2D eigenvalue weighted by Gasteiger charge is 2.22. The Morgan fingerprint density at radius 2 is 2.04 bits per heavy atom. The SMILES string of the molecule is O=C(NC1CCN(Cc2ccc(Cl)cc2)CC1)c1cc2c(nc3sccn32)s1. The fourth-order valence-electron chi connectivity index (χ4n) is 3.70. The second-order valence-electron chi connectivity index (χ2n) is 7.12. The maximum atomic E-state index is 12.7. The quantitative estimate of drug-likeness (QED) is 0.512. The van der Waals surface area contributed by atoms with Gasteiger partial charge in [-0.25, -0.2) is 4.98 Å². The van der Waals surface area contributed by atoms with E-state index in [9.17, 15) is 4.79 Å². The summed E-state index contributed by atoms with van der Waals surface area (Å²) in [5.41, 5.74) is 2.29. The molecule has 5 rings (SSSR count). The summed E-state index contributed by atoms with van der Waals surface area (Å²) in [5, 5.41) is 5.99. The van der Waals surface area contributed by atoms with Gasteiger partial charge in [-0.15, -0.1) is 22.7 Å². The molecule has 5 nitrogen and oxygen atoms in total. The van der Waals surface area contributed by atoms with E-state index in [1.807, 2.05) is 34.2 Å². The topological polar surface area (TPSA) is 49.6 Å². The lowest BCUT2D eigenvalue weighted by Gasteiger charge is -2.32. The van der Waals surface area contributed by atoms with E-state index in [1.54, 1.807) is 11.3 Å². The number of carbonyl (C=O) groups is 1. The zero-order valence-corrected chi connectivity index (χ0v) is 17.5. The summed E-state index contributed by atoms with van der Waals surface area (Å²) < 4.78 is 2.04. The minimum Gasteiger partial charge on any atom is -0.349 e. The predicted octanol–water partition coefficient (Wildman–Crippen LogP) is 4.66. The van der Waals surface area contributed by atoms with Crippen LogP contribution in [0.5, 0.6) is 0 Å². The van der Waals surface area contributed by atoms with Crippen LogP contribution in [0.2, 0.25) is 5.02 Å². The van der Waals surface area contributed by atoms with Gasteiger partial charge in [0.05, 0.1) is 10.4 Å². The molecular weight excluding hydrogens is 412 g/mol. The van der Waals surface area contributed by atoms with Crippen molar-refractivity contribution in [3.8, 4) is 0 Å². The number of carbonyl (C=O) groups excluding carboxylic acids is 1. The number of nitrogens with zero attached hydrogens (tertiary/aromatic N) is 3. The van der Waals surface area contributed by atoms with Crippen LogP contribution < -0.4 is 5.32 Å². The Balaban J connectivity index is 1.18. The number of aromatic nitrogens is 2. The third-order valence-corrected chi connectivity index (χ3v) is 7.23. The molecule has 1 aliphatic rings. The number of benzene rings is 1. The Labute approximate surface area is 175 Å². The minimum atomic E-state index is 0.0168. The van der Waals surface area contributed by atoms with E-state index in [-0.39, 0.29) is 11.9 Å². The molecule has 8 heteroatoms. The summed E-state index contributed by atoms with van der Waals surface area (Å²) >= 11 is 9.03. The van der Waals surface area contributed by atoms with E-state index < -0.39 is 0 Å². The lowest BCUT2D eigenvalue weighted by molar-refractivity contribution is 0.0913. The standard InChI is InChI=1S/C20H19ClN4OS2/c21-14-3-1-13(2-4-14)12-24-7-5-15(6-8-24)22-18(26)17-11-16-19(28-17)23-20-25(16)9-10-27-20/h1-4,9-11,15H,5-8,12H2,(H,22,26). The summed E-state index contributed by atoms with van der Waals surface area (Å²) in [5.74, 6) is 0.0168. The molecule has 1 N–H and O–H groups in total. The number of nitrogens with one attached hydrogen (secondary N) is 1. The Kier molecular flexibility index (Phi) is 4.84. The van der Waals surface area contributed by atoms with Crippen molar-refractivity contribution in [3.63, 3.8) is 0 Å². The van der Waals surface area contributed by atoms with Crippen LogP contribution in [0.15, 0.2) is 41.9 Å². The van der Waals surface area contributed by atoms with E-state index in [4.69, 9.17) is 11.6 Å². The van der Waals surface area contributed by atoms with Gasteiger partial charge in [-0.3, -0.25) is 14.1 Å². The first kappa shape index (κ1) is 18.1. The average Bonchev–Trinajstić information content (AvgIpc) is 3.37. The normalized spacial score (nSPS) is 16.2. The van der Waals surface area contributed by atoms with Gasteiger partial charge in [0.15, 0.2) is 4.96 Å². The van der Waals surface area contributed by atoms with Crippen LogP contribution in [0.1, 0.15) is 28.1 Å². The van der Waals surface area contributed by atoms with Gasteiger partial charge in [-0.2, -0.15) is 0 Å². The smallest absolute Gasteiger partial charge is 0.261 e. The number of thiophene rings is 1. The second-order valence-corrected chi connectivity index (χ2v) is 9.46. The highest BCUT2D eigenvalue weighted by molar-refractivity contribution is 7.21. The molecule has 0 unspecified atom stereocenters. The van der Waals surface area contributed by atoms with Crippen molar-refractivity contribution >= 4 is 55.5 Å². The van der Waals surface area contributed by atoms with E-state index in [0.717, 1.165) is 57.7 Å². The zero-order chi connectivity index (χ0) is 19.1. The lowest BCUT2D eigenvalue weighted by atomic mass is 10.0. The maximum Gasteiger partial charge on any atom is 0.261 e. The van der Waals surface area contributed by atoms with Gasteiger partial charge >= 0.3 is 0 Å². The molecule has 3 aromatic heterocycles. The van der Waals surface area contributed by atoms with E-state index in [1.165, 1.54) is 16.9 Å². The van der Waals surface area contributed by atoms with Gasteiger partial charge in [0.25, 0.3) is 5.91 Å². The minimum absolute atomic E-state index is 0.0168. The Bertz CT molecular complexity index is 1120. The summed E-state index contributed by atoms with van der Waals surface area (Å²) in [6, 6.07) is 10.2. The molecule has 0 saturated carbocycles. The molecule has 1 fully saturated rings. The van der Waals surface area contributed by atoms with Crippen molar-refractivity contribution in [1.82, 2.24) is 19.6 Å². The van der Waals surface area contributed by atoms with Gasteiger partial charge in [0, 0.05) is 42.3 Å². The number of thiazole rings is 1. The molecule has 0 atom stereocenters. The molecule has 0 radical (unpaired) electrons. The fraction of sp³-hybridized carbons (Fsp3) is 0.300. The first-order chi connectivity index (χ1) is 13.7. The Hall–Kier alpha value is -1.93. The number of rotatable bonds is 4. The van der Waals surface area contributed by atoms with Crippen LogP contribution in [0.3, 0.4) is 0 Å². The van der Waals surface area contributed by atoms with E-state index in [0.29, 0.717) is 0 Å². The molecule has 4 heterocycles. The molecule has 28 heavy (non-hydrogen) atoms. The largest absolute Gasteiger partial charge is 0.349 e. The van der Waals surface area contributed by atoms with Crippen molar-refractivity contribution in [2.75, 3.05) is 13.1 Å². The number of halogens is 1. The molecule has 4 aromatic rings. The van der Waals surface area contributed by atoms with Gasteiger partial charge in [0.2, 0.25) is 0 Å². The molecule has 1 amide bonds. The zero-order valence-electron chi connectivity index (χ0n) is 15.1. The lowest BCUT2D eigenvalue weighted by Crippen LogP contribution is -2.44. The first-order valence-electron chi connectivity index (χ1n) is 9.28. The predicted molar refractivity (Wildman–Crippen MR) is 116 cm³/mol. The molecular formula is C20H19ClN4OS2. The van der Waals surface area contributed by atoms with Crippen LogP contribution in [-0.4, -0.2) is 39.3 Å². The third-order valence-electron chi connectivity index (χ3n) is 5.21. The van der Waals surface area contributed by atoms with Crippen molar-refractivity contribution < 1.29 is 4.79 Å². The highest BCUT2D eigenvalue weighted by Crippen LogP contribution is 2.28. The summed E-state index contributed by atoms with van der Waals surface area (Å²) in [7, 11) is 0. The van der Waals surface area contributed by atoms with Gasteiger partial charge in [-0.05, 0) is 36.6 Å². The molecule has 1 saturated heterocycles. The summed E-state index contributed by atoms with van der Waals surface area (Å²) in [6.45, 7) is 2.90. The van der Waals surface area contributed by atoms with Crippen LogP contribution >= 0.6 is 34.3 Å². The van der Waals surface area contributed by atoms with E-state index >= 15 is 0 Å². The van der Waals surface area contributed by atoms with Crippen LogP contribution in [0, 0.1) is 0 Å². The monoisotopic (exact) mass is 430 g/mol. The third kappa shape index (κ3) is 3.55. The Morgan fingerprint density at radius 1 is 1.25 bits per heavy atom. The number of piperidine rings is 1. The van der Waals surface area contributed by atoms with Crippen molar-refractivity contribution in [2.24, 2.45) is 0 Å². The van der Waals surface area contributed by atoms with Gasteiger partial charge in [0.1, 0.15) is 4.83 Å². The van der Waals surface area contributed by atoms with Crippen LogP contribution in [0.4, 0.5) is 0 Å². The maximum absolute atomic E-state index is 12.7. The van der Waals surface area contributed by atoms with Gasteiger partial charge in [-0.1, -0.05) is 23.7 Å². The van der Waals surface area contributed by atoms with E-state index in [2.05, 4.69) is 27.3 Å². The van der Waals surface area contributed by atoms with Crippen LogP contribution in [0.25, 0.3) is 15.3 Å². The summed E-state index contributed by atoms with van der Waals surface area (Å²) in [4.78, 5) is 22.3. The molecule has 1 aromatic carbocycles. The number of likely N-dealkylation sites (tertiary alicyclic amines) is 1. The number of fused-ring (bicyclic) bond motifs is 3. The number of amides is 1. The molecule has 1 aliphatic heterocycles. The van der Waals surface area contributed by atoms with Gasteiger partial charge < -0.3 is 5.32 Å². The van der Waals surface area contributed by atoms with Crippen molar-refractivity contribution in [2.45, 2.75) is 25.4 Å². The van der Waals surface area contributed by atoms with Crippen molar-refractivity contribution in [3.05, 3.63) is 57.4 Å². The average molecular weight is 431 g/mol. The molecule has 0 bridgehead atoms. The van der Waals surface area contributed by atoms with Crippen molar-refractivity contribution in [1.29, 1.82) is 0 Å². The molecule has 144 valence electrons. The summed E-state index contributed by atoms with van der Waals surface area (Å²) in [6.07, 6.45) is 3.94. The fourth-order valence-corrected chi connectivity index (χ4v) is 5.53. The highest BCUT2D eigenvalue weighted by atomic mass is 35.5. The number of hydrogen-bond donors (Lipinski definition) is 1. The number of hydrogen-bond acceptors (Lipinski definition) is 5. The van der Waals surface area contributed by atoms with Crippen LogP contribution in [-0.2, 0) is 6.54 Å². The molecule has 0 spiro atoms. The Morgan fingerprint density at radius 3 is 2.82 bits per heavy atom.